The van der Waals surface area contributed by atoms with Crippen LogP contribution >= 0.6 is 0 Å². The molecular formula is C12H16F3NO2. The Balaban J connectivity index is 3.11. The zero-order valence-corrected chi connectivity index (χ0v) is 9.91. The maximum atomic E-state index is 12.7. The molecule has 0 aliphatic rings. The molecule has 0 aliphatic heterocycles. The van der Waals surface area contributed by atoms with E-state index in [1.807, 2.05) is 0 Å². The lowest BCUT2D eigenvalue weighted by atomic mass is 9.94. The van der Waals surface area contributed by atoms with Crippen molar-refractivity contribution in [1.82, 2.24) is 0 Å². The van der Waals surface area contributed by atoms with Crippen molar-refractivity contribution in [1.29, 1.82) is 0 Å². The van der Waals surface area contributed by atoms with Crippen LogP contribution in [-0.2, 0) is 6.18 Å². The van der Waals surface area contributed by atoms with Crippen LogP contribution in [0.4, 0.5) is 13.2 Å². The first-order chi connectivity index (χ1) is 8.29. The van der Waals surface area contributed by atoms with Gasteiger partial charge >= 0.3 is 6.18 Å². The normalized spacial score (nSPS) is 15.5. The van der Waals surface area contributed by atoms with E-state index in [-0.39, 0.29) is 24.1 Å². The van der Waals surface area contributed by atoms with E-state index in [2.05, 4.69) is 0 Å². The fourth-order valence-corrected chi connectivity index (χ4v) is 1.82. The van der Waals surface area contributed by atoms with E-state index in [0.717, 1.165) is 6.07 Å². The van der Waals surface area contributed by atoms with Crippen LogP contribution in [0.2, 0.25) is 0 Å². The van der Waals surface area contributed by atoms with Crippen molar-refractivity contribution < 1.29 is 23.4 Å². The summed E-state index contributed by atoms with van der Waals surface area (Å²) in [6.45, 7) is 1.42. The lowest BCUT2D eigenvalue weighted by Crippen LogP contribution is -2.23. The summed E-state index contributed by atoms with van der Waals surface area (Å²) in [4.78, 5) is 0. The molecule has 0 heterocycles. The lowest BCUT2D eigenvalue weighted by molar-refractivity contribution is -0.138. The Morgan fingerprint density at radius 3 is 2.39 bits per heavy atom. The van der Waals surface area contributed by atoms with Crippen LogP contribution in [-0.4, -0.2) is 22.9 Å². The van der Waals surface area contributed by atoms with Gasteiger partial charge in [0.25, 0.3) is 0 Å². The quantitative estimate of drug-likeness (QED) is 0.775. The molecule has 1 aromatic rings. The molecule has 0 aliphatic carbocycles. The number of aliphatic hydroxyl groups excluding tert-OH is 2. The Bertz CT molecular complexity index is 407. The van der Waals surface area contributed by atoms with E-state index in [1.54, 1.807) is 0 Å². The third-order valence-corrected chi connectivity index (χ3v) is 2.83. The summed E-state index contributed by atoms with van der Waals surface area (Å²) in [5.41, 5.74) is 4.42. The van der Waals surface area contributed by atoms with Gasteiger partial charge < -0.3 is 15.9 Å². The number of aliphatic hydroxyl groups is 2. The Kier molecular flexibility index (Phi) is 4.72. The first-order valence-corrected chi connectivity index (χ1v) is 5.52. The van der Waals surface area contributed by atoms with E-state index in [4.69, 9.17) is 5.73 Å². The molecule has 102 valence electrons. The molecule has 3 nitrogen and oxygen atoms in total. The minimum Gasteiger partial charge on any atom is -0.390 e. The minimum absolute atomic E-state index is 0.0748. The maximum absolute atomic E-state index is 12.7. The van der Waals surface area contributed by atoms with Gasteiger partial charge in [0, 0.05) is 0 Å². The van der Waals surface area contributed by atoms with Crippen molar-refractivity contribution in [3.05, 3.63) is 34.9 Å². The summed E-state index contributed by atoms with van der Waals surface area (Å²) in [6, 6.07) is 3.53. The van der Waals surface area contributed by atoms with E-state index >= 15 is 0 Å². The highest BCUT2D eigenvalue weighted by Crippen LogP contribution is 2.35. The predicted molar refractivity (Wildman–Crippen MR) is 60.8 cm³/mol. The second kappa shape index (κ2) is 5.69. The van der Waals surface area contributed by atoms with Crippen LogP contribution in [0.5, 0.6) is 0 Å². The Labute approximate surface area is 103 Å². The second-order valence-corrected chi connectivity index (χ2v) is 4.11. The fraction of sp³-hybridized carbons (Fsp3) is 0.500. The van der Waals surface area contributed by atoms with Crippen LogP contribution in [0, 0.1) is 6.92 Å². The predicted octanol–water partition coefficient (Wildman–Crippen LogP) is 1.76. The third kappa shape index (κ3) is 3.22. The van der Waals surface area contributed by atoms with Gasteiger partial charge in [0.2, 0.25) is 0 Å². The van der Waals surface area contributed by atoms with Gasteiger partial charge in [0.15, 0.2) is 0 Å². The zero-order valence-electron chi connectivity index (χ0n) is 9.91. The van der Waals surface area contributed by atoms with Crippen LogP contribution < -0.4 is 5.73 Å². The molecule has 2 atom stereocenters. The average Bonchev–Trinajstić information content (AvgIpc) is 2.27. The number of rotatable bonds is 4. The summed E-state index contributed by atoms with van der Waals surface area (Å²) in [6.07, 6.45) is -6.89. The number of nitrogens with two attached hydrogens (primary N) is 1. The number of halogens is 3. The molecule has 0 fully saturated rings. The smallest absolute Gasteiger partial charge is 0.390 e. The standard InChI is InChI=1S/C12H16F3NO2/c1-7-8(11(18)10(17)5-6-16)3-2-4-9(7)12(13,14)15/h2-4,10-11,17-18H,5-6,16H2,1H3. The fourth-order valence-electron chi connectivity index (χ4n) is 1.82. The summed E-state index contributed by atoms with van der Waals surface area (Å²) in [5, 5.41) is 19.4. The maximum Gasteiger partial charge on any atom is 0.416 e. The van der Waals surface area contributed by atoms with Gasteiger partial charge in [0.05, 0.1) is 11.7 Å². The molecular weight excluding hydrogens is 247 g/mol. The monoisotopic (exact) mass is 263 g/mol. The summed E-state index contributed by atoms with van der Waals surface area (Å²) >= 11 is 0. The van der Waals surface area contributed by atoms with Gasteiger partial charge in [-0.1, -0.05) is 12.1 Å². The average molecular weight is 263 g/mol. The molecule has 4 N–H and O–H groups in total. The van der Waals surface area contributed by atoms with Crippen molar-refractivity contribution in [2.45, 2.75) is 31.7 Å². The van der Waals surface area contributed by atoms with Gasteiger partial charge in [-0.3, -0.25) is 0 Å². The molecule has 2 unspecified atom stereocenters. The third-order valence-electron chi connectivity index (χ3n) is 2.83. The molecule has 0 spiro atoms. The lowest BCUT2D eigenvalue weighted by Gasteiger charge is -2.21. The molecule has 1 aromatic carbocycles. The molecule has 0 aromatic heterocycles. The number of hydrogen-bond acceptors (Lipinski definition) is 3. The topological polar surface area (TPSA) is 66.5 Å². The summed E-state index contributed by atoms with van der Waals surface area (Å²) < 4.78 is 38.0. The van der Waals surface area contributed by atoms with Gasteiger partial charge in [-0.15, -0.1) is 0 Å². The van der Waals surface area contributed by atoms with Gasteiger partial charge in [-0.2, -0.15) is 13.2 Å². The molecule has 18 heavy (non-hydrogen) atoms. The van der Waals surface area contributed by atoms with Gasteiger partial charge in [-0.05, 0) is 37.1 Å². The van der Waals surface area contributed by atoms with E-state index in [0.29, 0.717) is 0 Å². The molecule has 0 saturated carbocycles. The van der Waals surface area contributed by atoms with E-state index in [9.17, 15) is 23.4 Å². The molecule has 1 rings (SSSR count). The van der Waals surface area contributed by atoms with Crippen molar-refractivity contribution in [3.8, 4) is 0 Å². The SMILES string of the molecule is Cc1c(C(O)C(O)CCN)cccc1C(F)(F)F. The van der Waals surface area contributed by atoms with Crippen LogP contribution in [0.1, 0.15) is 29.2 Å². The van der Waals surface area contributed by atoms with Gasteiger partial charge in [-0.25, -0.2) is 0 Å². The minimum atomic E-state index is -4.47. The highest BCUT2D eigenvalue weighted by molar-refractivity contribution is 5.37. The highest BCUT2D eigenvalue weighted by atomic mass is 19.4. The molecule has 0 amide bonds. The summed E-state index contributed by atoms with van der Waals surface area (Å²) in [5.74, 6) is 0. The highest BCUT2D eigenvalue weighted by Gasteiger charge is 2.34. The molecule has 0 radical (unpaired) electrons. The van der Waals surface area contributed by atoms with Crippen molar-refractivity contribution in [3.63, 3.8) is 0 Å². The van der Waals surface area contributed by atoms with Gasteiger partial charge in [0.1, 0.15) is 6.10 Å². The Hall–Kier alpha value is -1.11. The summed E-state index contributed by atoms with van der Waals surface area (Å²) in [7, 11) is 0. The van der Waals surface area contributed by atoms with Crippen LogP contribution in [0.3, 0.4) is 0 Å². The van der Waals surface area contributed by atoms with Crippen LogP contribution in [0.15, 0.2) is 18.2 Å². The molecule has 6 heteroatoms. The first kappa shape index (κ1) is 14.9. The Morgan fingerprint density at radius 2 is 1.89 bits per heavy atom. The van der Waals surface area contributed by atoms with Crippen molar-refractivity contribution in [2.24, 2.45) is 5.73 Å². The first-order valence-electron chi connectivity index (χ1n) is 5.52. The van der Waals surface area contributed by atoms with E-state index < -0.39 is 23.9 Å². The molecule has 0 saturated heterocycles. The van der Waals surface area contributed by atoms with Crippen molar-refractivity contribution in [2.75, 3.05) is 6.54 Å². The zero-order chi connectivity index (χ0) is 13.9. The Morgan fingerprint density at radius 1 is 1.28 bits per heavy atom. The molecule has 0 bridgehead atoms. The number of alkyl halides is 3. The second-order valence-electron chi connectivity index (χ2n) is 4.11. The largest absolute Gasteiger partial charge is 0.416 e. The van der Waals surface area contributed by atoms with E-state index in [1.165, 1.54) is 19.1 Å². The number of benzene rings is 1. The van der Waals surface area contributed by atoms with Crippen LogP contribution in [0.25, 0.3) is 0 Å². The number of hydrogen-bond donors (Lipinski definition) is 3. The van der Waals surface area contributed by atoms with Crippen molar-refractivity contribution >= 4 is 0 Å².